The molecule has 186 valence electrons. The van der Waals surface area contributed by atoms with E-state index in [0.29, 0.717) is 34.8 Å². The number of hydrogen-bond acceptors (Lipinski definition) is 7. The average Bonchev–Trinajstić information content (AvgIpc) is 3.58. The summed E-state index contributed by atoms with van der Waals surface area (Å²) in [5, 5.41) is 12.3. The fraction of sp³-hybridized carbons (Fsp3) is 0.269. The number of nitrogens with zero attached hydrogens (tertiary/aromatic N) is 6. The van der Waals surface area contributed by atoms with Gasteiger partial charge in [-0.3, -0.25) is 20.9 Å². The first kappa shape index (κ1) is 28.7. The van der Waals surface area contributed by atoms with Gasteiger partial charge < -0.3 is 22.2 Å². The number of anilines is 1. The molecule has 0 aromatic carbocycles. The van der Waals surface area contributed by atoms with Crippen molar-refractivity contribution in [1.82, 2.24) is 29.8 Å². The number of aromatic nitrogens is 4. The number of carbonyl (C=O) groups is 1. The van der Waals surface area contributed by atoms with Gasteiger partial charge in [-0.2, -0.15) is 5.10 Å². The molecule has 0 radical (unpaired) electrons. The number of rotatable bonds is 11. The molecule has 0 saturated carbocycles. The first-order chi connectivity index (χ1) is 17.5. The summed E-state index contributed by atoms with van der Waals surface area (Å²) in [5.41, 5.74) is 3.17. The molecule has 4 rings (SSSR count). The number of carbonyl (C=O) groups excluding carboxylic acids is 1. The van der Waals surface area contributed by atoms with Gasteiger partial charge in [0.2, 0.25) is 5.91 Å². The van der Waals surface area contributed by atoms with Crippen LogP contribution in [0.15, 0.2) is 59.3 Å². The average molecular weight is 524 g/mol. The minimum atomic E-state index is -0.202. The number of nitrogens with one attached hydrogen (secondary N) is 2. The third-order valence-electron chi connectivity index (χ3n) is 5.82. The first-order valence-electron chi connectivity index (χ1n) is 11.7. The number of hydrogen-bond donors (Lipinski definition) is 2. The van der Waals surface area contributed by atoms with Crippen molar-refractivity contribution in [3.05, 3.63) is 66.4 Å². The Labute approximate surface area is 243 Å². The Hall–Kier alpha value is -2.89. The summed E-state index contributed by atoms with van der Waals surface area (Å²) in [6.45, 7) is 14.0. The van der Waals surface area contributed by atoms with Crippen molar-refractivity contribution >= 4 is 35.0 Å². The Bertz CT molecular complexity index is 1360. The van der Waals surface area contributed by atoms with Crippen LogP contribution in [0.1, 0.15) is 31.1 Å². The van der Waals surface area contributed by atoms with E-state index in [1.165, 1.54) is 0 Å². The van der Waals surface area contributed by atoms with Crippen LogP contribution in [-0.2, 0) is 0 Å². The van der Waals surface area contributed by atoms with E-state index in [1.807, 2.05) is 29.8 Å². The molecule has 4 heterocycles. The number of thiophene rings is 1. The van der Waals surface area contributed by atoms with Crippen LogP contribution in [0.3, 0.4) is 0 Å². The SMILES string of the molecule is [CH-]=CN=[C-]Nc1cc(C(=O)NC[C@H](C)N(CC)CC)cc(-c2cnn3ccc(-c4cccs4)nc23)n1.[Na+]. The van der Waals surface area contributed by atoms with Crippen LogP contribution in [-0.4, -0.2) is 62.4 Å². The van der Waals surface area contributed by atoms with Crippen molar-refractivity contribution in [3.8, 4) is 21.8 Å². The van der Waals surface area contributed by atoms with E-state index in [1.54, 1.807) is 34.2 Å². The van der Waals surface area contributed by atoms with Crippen molar-refractivity contribution < 1.29 is 34.4 Å². The Morgan fingerprint density at radius 1 is 1.27 bits per heavy atom. The van der Waals surface area contributed by atoms with Gasteiger partial charge in [0.15, 0.2) is 5.65 Å². The van der Waals surface area contributed by atoms with Crippen molar-refractivity contribution in [1.29, 1.82) is 0 Å². The molecule has 0 fully saturated rings. The Balaban J connectivity index is 0.00000380. The Morgan fingerprint density at radius 3 is 2.78 bits per heavy atom. The standard InChI is InChI=1S/C26H28N8OS.Na/c1-5-27-17-29-24-14-19(26(35)28-15-18(4)33(6-2)7-3)13-22(31-24)20-16-30-34-11-10-21(32-25(20)34)23-9-8-12-36-23;/h1,5,8-14,16,18H,6-7,15H2,2-4H3,(H,28,35)(H,27,29,31);/q-2;+1/t18-;/m0./s1. The fourth-order valence-electron chi connectivity index (χ4n) is 3.92. The molecule has 0 unspecified atom stereocenters. The third kappa shape index (κ3) is 6.91. The van der Waals surface area contributed by atoms with Gasteiger partial charge >= 0.3 is 29.6 Å². The number of fused-ring (bicyclic) bond motifs is 1. The summed E-state index contributed by atoms with van der Waals surface area (Å²) in [4.78, 5) is 29.7. The van der Waals surface area contributed by atoms with E-state index in [0.717, 1.165) is 29.9 Å². The molecule has 0 bridgehead atoms. The van der Waals surface area contributed by atoms with E-state index >= 15 is 0 Å². The van der Waals surface area contributed by atoms with Crippen LogP contribution in [0.2, 0.25) is 0 Å². The largest absolute Gasteiger partial charge is 1.00 e. The normalized spacial score (nSPS) is 12.0. The van der Waals surface area contributed by atoms with E-state index in [-0.39, 0.29) is 41.5 Å². The zero-order chi connectivity index (χ0) is 25.5. The van der Waals surface area contributed by atoms with Crippen molar-refractivity contribution in [3.63, 3.8) is 0 Å². The van der Waals surface area contributed by atoms with Gasteiger partial charge in [-0.25, -0.2) is 9.50 Å². The fourth-order valence-corrected chi connectivity index (χ4v) is 4.62. The maximum absolute atomic E-state index is 13.1. The molecule has 1 amide bonds. The molecule has 37 heavy (non-hydrogen) atoms. The van der Waals surface area contributed by atoms with E-state index in [9.17, 15) is 4.79 Å². The second-order valence-corrected chi connectivity index (χ2v) is 8.99. The summed E-state index contributed by atoms with van der Waals surface area (Å²) in [6, 6.07) is 9.53. The van der Waals surface area contributed by atoms with Crippen molar-refractivity contribution in [2.45, 2.75) is 26.8 Å². The van der Waals surface area contributed by atoms with Gasteiger partial charge in [0, 0.05) is 30.2 Å². The molecule has 4 aromatic rings. The van der Waals surface area contributed by atoms with Crippen LogP contribution in [0.25, 0.3) is 27.5 Å². The van der Waals surface area contributed by atoms with Gasteiger partial charge in [0.25, 0.3) is 0 Å². The quantitative estimate of drug-likeness (QED) is 0.101. The molecule has 0 aliphatic rings. The monoisotopic (exact) mass is 523 g/mol. The summed E-state index contributed by atoms with van der Waals surface area (Å²) in [5.74, 6) is 0.195. The van der Waals surface area contributed by atoms with Crippen LogP contribution in [0.4, 0.5) is 5.82 Å². The number of amides is 1. The Kier molecular flexibility index (Phi) is 10.5. The molecule has 0 aliphatic carbocycles. The first-order valence-corrected chi connectivity index (χ1v) is 12.6. The summed E-state index contributed by atoms with van der Waals surface area (Å²) >= 11 is 1.62. The molecule has 2 N–H and O–H groups in total. The molecule has 0 saturated heterocycles. The zero-order valence-corrected chi connectivity index (χ0v) is 24.3. The number of aliphatic imine (C=N–C) groups is 1. The molecule has 11 heteroatoms. The summed E-state index contributed by atoms with van der Waals surface area (Å²) < 4.78 is 1.69. The minimum absolute atomic E-state index is 0. The molecule has 0 spiro atoms. The topological polar surface area (TPSA) is 99.8 Å². The summed E-state index contributed by atoms with van der Waals surface area (Å²) in [6.07, 6.45) is 7.27. The molecular weight excluding hydrogens is 495 g/mol. The maximum Gasteiger partial charge on any atom is 1.00 e. The minimum Gasteiger partial charge on any atom is -0.566 e. The van der Waals surface area contributed by atoms with Gasteiger partial charge in [-0.05, 0) is 49.9 Å². The van der Waals surface area contributed by atoms with Gasteiger partial charge in [0.1, 0.15) is 0 Å². The number of pyridine rings is 1. The Morgan fingerprint density at radius 2 is 2.08 bits per heavy atom. The summed E-state index contributed by atoms with van der Waals surface area (Å²) in [7, 11) is 0. The number of likely N-dealkylation sites (N-methyl/N-ethyl adjacent to an activating group) is 1. The molecule has 0 aliphatic heterocycles. The third-order valence-corrected chi connectivity index (χ3v) is 6.72. The smallest absolute Gasteiger partial charge is 0.566 e. The van der Waals surface area contributed by atoms with E-state index in [4.69, 9.17) is 11.6 Å². The second-order valence-electron chi connectivity index (χ2n) is 8.04. The molecular formula is C26H28N8NaOS-. The van der Waals surface area contributed by atoms with Crippen LogP contribution < -0.4 is 40.2 Å². The predicted octanol–water partition coefficient (Wildman–Crippen LogP) is 1.25. The van der Waals surface area contributed by atoms with Crippen LogP contribution in [0, 0.1) is 6.58 Å². The van der Waals surface area contributed by atoms with Gasteiger partial charge in [-0.1, -0.05) is 26.0 Å². The van der Waals surface area contributed by atoms with E-state index in [2.05, 4.69) is 57.7 Å². The van der Waals surface area contributed by atoms with Crippen LogP contribution >= 0.6 is 11.3 Å². The van der Waals surface area contributed by atoms with Gasteiger partial charge in [0.05, 0.1) is 28.0 Å². The zero-order valence-electron chi connectivity index (χ0n) is 21.5. The second kappa shape index (κ2) is 13.6. The molecule has 4 aromatic heterocycles. The van der Waals surface area contributed by atoms with E-state index < -0.39 is 0 Å². The van der Waals surface area contributed by atoms with Crippen molar-refractivity contribution in [2.75, 3.05) is 25.0 Å². The molecule has 1 atom stereocenters. The van der Waals surface area contributed by atoms with Crippen LogP contribution in [0.5, 0.6) is 0 Å². The predicted molar refractivity (Wildman–Crippen MR) is 144 cm³/mol. The maximum atomic E-state index is 13.1. The van der Waals surface area contributed by atoms with Crippen molar-refractivity contribution in [2.24, 2.45) is 4.99 Å². The van der Waals surface area contributed by atoms with Gasteiger partial charge in [-0.15, -0.1) is 11.3 Å². The molecule has 9 nitrogen and oxygen atoms in total.